The van der Waals surface area contributed by atoms with Gasteiger partial charge in [-0.2, -0.15) is 5.10 Å². The molecule has 2 aromatic rings. The molecular formula is C19H23N3O3. The van der Waals surface area contributed by atoms with E-state index in [0.717, 1.165) is 30.6 Å². The van der Waals surface area contributed by atoms with E-state index < -0.39 is 0 Å². The summed E-state index contributed by atoms with van der Waals surface area (Å²) in [6, 6.07) is 10.6. The second kappa shape index (κ2) is 7.51. The van der Waals surface area contributed by atoms with E-state index in [1.165, 1.54) is 16.8 Å². The van der Waals surface area contributed by atoms with Crippen LogP contribution in [0.2, 0.25) is 0 Å². The van der Waals surface area contributed by atoms with Crippen LogP contribution < -0.4 is 15.6 Å². The van der Waals surface area contributed by atoms with Crippen molar-refractivity contribution in [3.63, 3.8) is 0 Å². The largest absolute Gasteiger partial charge is 0.497 e. The van der Waals surface area contributed by atoms with Crippen molar-refractivity contribution in [2.75, 3.05) is 7.11 Å². The Labute approximate surface area is 146 Å². The Balaban J connectivity index is 1.79. The lowest BCUT2D eigenvalue weighted by Gasteiger charge is -2.19. The van der Waals surface area contributed by atoms with E-state index in [9.17, 15) is 9.59 Å². The SMILES string of the molecule is CCCn1nc(C(=O)NC(c2ccc(OC)cc2)C2CC2)ccc1=O. The molecule has 6 nitrogen and oxygen atoms in total. The summed E-state index contributed by atoms with van der Waals surface area (Å²) in [5, 5.41) is 7.27. The summed E-state index contributed by atoms with van der Waals surface area (Å²) < 4.78 is 6.53. The summed E-state index contributed by atoms with van der Waals surface area (Å²) in [6.45, 7) is 2.47. The summed E-state index contributed by atoms with van der Waals surface area (Å²) in [7, 11) is 1.63. The van der Waals surface area contributed by atoms with Gasteiger partial charge in [-0.1, -0.05) is 19.1 Å². The van der Waals surface area contributed by atoms with E-state index >= 15 is 0 Å². The van der Waals surface area contributed by atoms with Crippen molar-refractivity contribution < 1.29 is 9.53 Å². The first kappa shape index (κ1) is 17.2. The highest BCUT2D eigenvalue weighted by molar-refractivity contribution is 5.92. The van der Waals surface area contributed by atoms with Crippen molar-refractivity contribution in [1.82, 2.24) is 15.1 Å². The van der Waals surface area contributed by atoms with Crippen LogP contribution in [0, 0.1) is 5.92 Å². The maximum atomic E-state index is 12.6. The van der Waals surface area contributed by atoms with Crippen LogP contribution in [-0.4, -0.2) is 22.8 Å². The first-order valence-corrected chi connectivity index (χ1v) is 8.65. The molecule has 1 unspecified atom stereocenters. The number of hydrogen-bond donors (Lipinski definition) is 1. The molecule has 3 rings (SSSR count). The zero-order valence-corrected chi connectivity index (χ0v) is 14.6. The number of nitrogens with zero attached hydrogens (tertiary/aromatic N) is 2. The molecule has 1 heterocycles. The molecule has 0 spiro atoms. The van der Waals surface area contributed by atoms with Gasteiger partial charge in [0.05, 0.1) is 13.2 Å². The standard InChI is InChI=1S/C19H23N3O3/c1-3-12-22-17(23)11-10-16(21-22)19(24)20-18(13-4-5-13)14-6-8-15(25-2)9-7-14/h6-11,13,18H,3-5,12H2,1-2H3,(H,20,24). The molecule has 1 aromatic heterocycles. The van der Waals surface area contributed by atoms with Crippen molar-refractivity contribution in [1.29, 1.82) is 0 Å². The third-order valence-corrected chi connectivity index (χ3v) is 4.39. The summed E-state index contributed by atoms with van der Waals surface area (Å²) >= 11 is 0. The van der Waals surface area contributed by atoms with E-state index in [1.54, 1.807) is 7.11 Å². The highest BCUT2D eigenvalue weighted by atomic mass is 16.5. The molecule has 1 N–H and O–H groups in total. The van der Waals surface area contributed by atoms with Gasteiger partial charge in [0.15, 0.2) is 0 Å². The van der Waals surface area contributed by atoms with Crippen LogP contribution in [-0.2, 0) is 6.54 Å². The quantitative estimate of drug-likeness (QED) is 0.840. The number of hydrogen-bond acceptors (Lipinski definition) is 4. The fourth-order valence-corrected chi connectivity index (χ4v) is 2.87. The van der Waals surface area contributed by atoms with Crippen molar-refractivity contribution >= 4 is 5.91 Å². The molecule has 132 valence electrons. The number of methoxy groups -OCH3 is 1. The maximum absolute atomic E-state index is 12.6. The molecule has 1 aliphatic carbocycles. The lowest BCUT2D eigenvalue weighted by Crippen LogP contribution is -2.33. The molecule has 0 aliphatic heterocycles. The number of nitrogens with one attached hydrogen (secondary N) is 1. The summed E-state index contributed by atoms with van der Waals surface area (Å²) in [5.41, 5.74) is 1.14. The predicted molar refractivity (Wildman–Crippen MR) is 94.7 cm³/mol. The molecule has 1 atom stereocenters. The Bertz CT molecular complexity index is 794. The molecule has 0 bridgehead atoms. The number of aromatic nitrogens is 2. The number of benzene rings is 1. The first-order valence-electron chi connectivity index (χ1n) is 8.65. The van der Waals surface area contributed by atoms with Gasteiger partial charge in [0, 0.05) is 12.6 Å². The molecule has 1 fully saturated rings. The van der Waals surface area contributed by atoms with Gasteiger partial charge in [-0.25, -0.2) is 4.68 Å². The molecule has 1 amide bonds. The van der Waals surface area contributed by atoms with Gasteiger partial charge >= 0.3 is 0 Å². The maximum Gasteiger partial charge on any atom is 0.272 e. The average molecular weight is 341 g/mol. The number of rotatable bonds is 7. The average Bonchev–Trinajstić information content (AvgIpc) is 3.46. The highest BCUT2D eigenvalue weighted by Crippen LogP contribution is 2.41. The van der Waals surface area contributed by atoms with Crippen LogP contribution in [0.15, 0.2) is 41.2 Å². The molecule has 1 saturated carbocycles. The third-order valence-electron chi connectivity index (χ3n) is 4.39. The van der Waals surface area contributed by atoms with Crippen LogP contribution >= 0.6 is 0 Å². The molecule has 0 saturated heterocycles. The summed E-state index contributed by atoms with van der Waals surface area (Å²) in [6.07, 6.45) is 2.98. The van der Waals surface area contributed by atoms with Gasteiger partial charge in [-0.15, -0.1) is 0 Å². The zero-order chi connectivity index (χ0) is 17.8. The summed E-state index contributed by atoms with van der Waals surface area (Å²) in [4.78, 5) is 24.4. The van der Waals surface area contributed by atoms with Crippen molar-refractivity contribution in [2.24, 2.45) is 5.92 Å². The summed E-state index contributed by atoms with van der Waals surface area (Å²) in [5.74, 6) is 0.981. The minimum atomic E-state index is -0.252. The van der Waals surface area contributed by atoms with Crippen LogP contribution in [0.3, 0.4) is 0 Å². The molecule has 25 heavy (non-hydrogen) atoms. The number of aryl methyl sites for hydroxylation is 1. The number of carbonyl (C=O) groups excluding carboxylic acids is 1. The van der Waals surface area contributed by atoms with Crippen molar-refractivity contribution in [2.45, 2.75) is 38.8 Å². The number of carbonyl (C=O) groups is 1. The smallest absolute Gasteiger partial charge is 0.272 e. The lowest BCUT2D eigenvalue weighted by molar-refractivity contribution is 0.0924. The molecule has 1 aromatic carbocycles. The van der Waals surface area contributed by atoms with E-state index in [-0.39, 0.29) is 23.2 Å². The van der Waals surface area contributed by atoms with Gasteiger partial charge in [0.2, 0.25) is 0 Å². The van der Waals surface area contributed by atoms with Gasteiger partial charge in [0.1, 0.15) is 11.4 Å². The van der Waals surface area contributed by atoms with E-state index in [1.807, 2.05) is 31.2 Å². The first-order chi connectivity index (χ1) is 12.1. The number of amides is 1. The van der Waals surface area contributed by atoms with Gasteiger partial charge in [0.25, 0.3) is 11.5 Å². The second-order valence-electron chi connectivity index (χ2n) is 6.34. The highest BCUT2D eigenvalue weighted by Gasteiger charge is 2.33. The van der Waals surface area contributed by atoms with E-state index in [2.05, 4.69) is 10.4 Å². The molecule has 0 radical (unpaired) electrons. The van der Waals surface area contributed by atoms with Crippen LogP contribution in [0.25, 0.3) is 0 Å². The Morgan fingerprint density at radius 3 is 2.60 bits per heavy atom. The third kappa shape index (κ3) is 4.07. The Kier molecular flexibility index (Phi) is 5.16. The lowest BCUT2D eigenvalue weighted by atomic mass is 10.0. The van der Waals surface area contributed by atoms with Crippen LogP contribution in [0.4, 0.5) is 0 Å². The fraction of sp³-hybridized carbons (Fsp3) is 0.421. The Morgan fingerprint density at radius 2 is 2.00 bits per heavy atom. The van der Waals surface area contributed by atoms with Gasteiger partial charge in [-0.05, 0) is 48.9 Å². The zero-order valence-electron chi connectivity index (χ0n) is 14.6. The minimum absolute atomic E-state index is 0.0493. The normalized spacial score (nSPS) is 14.8. The molecular weight excluding hydrogens is 318 g/mol. The van der Waals surface area contributed by atoms with Gasteiger partial charge in [-0.3, -0.25) is 9.59 Å². The topological polar surface area (TPSA) is 73.2 Å². The molecule has 1 aliphatic rings. The Morgan fingerprint density at radius 1 is 1.28 bits per heavy atom. The monoisotopic (exact) mass is 341 g/mol. The van der Waals surface area contributed by atoms with E-state index in [0.29, 0.717) is 12.5 Å². The fourth-order valence-electron chi connectivity index (χ4n) is 2.87. The van der Waals surface area contributed by atoms with Crippen molar-refractivity contribution in [3.8, 4) is 5.75 Å². The minimum Gasteiger partial charge on any atom is -0.497 e. The van der Waals surface area contributed by atoms with Gasteiger partial charge < -0.3 is 10.1 Å². The number of ether oxygens (including phenoxy) is 1. The van der Waals surface area contributed by atoms with Crippen molar-refractivity contribution in [3.05, 3.63) is 58.0 Å². The Hall–Kier alpha value is -2.63. The second-order valence-corrected chi connectivity index (χ2v) is 6.34. The molecule has 6 heteroatoms. The predicted octanol–water partition coefficient (Wildman–Crippen LogP) is 2.54. The van der Waals surface area contributed by atoms with Crippen LogP contribution in [0.1, 0.15) is 48.3 Å². The van der Waals surface area contributed by atoms with E-state index in [4.69, 9.17) is 4.74 Å². The van der Waals surface area contributed by atoms with Crippen LogP contribution in [0.5, 0.6) is 5.75 Å².